The molecule has 0 aliphatic carbocycles. The Morgan fingerprint density at radius 1 is 1.07 bits per heavy atom. The molecule has 1 aromatic carbocycles. The molecule has 4 heterocycles. The Bertz CT molecular complexity index is 1200. The molecule has 2 atom stereocenters. The van der Waals surface area contributed by atoms with Gasteiger partial charge in [0.15, 0.2) is 0 Å². The predicted molar refractivity (Wildman–Crippen MR) is 108 cm³/mol. The van der Waals surface area contributed by atoms with Gasteiger partial charge >= 0.3 is 0 Å². The van der Waals surface area contributed by atoms with Crippen LogP contribution in [-0.4, -0.2) is 36.3 Å². The summed E-state index contributed by atoms with van der Waals surface area (Å²) in [7, 11) is -3.70. The van der Waals surface area contributed by atoms with Gasteiger partial charge in [0.25, 0.3) is 5.56 Å². The maximum atomic E-state index is 13.4. The van der Waals surface area contributed by atoms with Crippen molar-refractivity contribution < 1.29 is 13.2 Å². The molecular weight excluding hydrogens is 390 g/mol. The quantitative estimate of drug-likeness (QED) is 0.814. The van der Waals surface area contributed by atoms with Gasteiger partial charge in [0.2, 0.25) is 15.9 Å². The molecule has 1 saturated heterocycles. The van der Waals surface area contributed by atoms with Crippen LogP contribution in [0.1, 0.15) is 37.4 Å². The molecular formula is C21H23N3O4S. The molecule has 2 aromatic rings. The highest BCUT2D eigenvalue weighted by Gasteiger charge is 2.42. The minimum Gasteiger partial charge on any atom is -0.325 e. The molecule has 0 unspecified atom stereocenters. The fourth-order valence-corrected chi connectivity index (χ4v) is 6.50. The number of amides is 1. The van der Waals surface area contributed by atoms with Crippen LogP contribution in [-0.2, 0) is 26.8 Å². The van der Waals surface area contributed by atoms with E-state index in [0.717, 1.165) is 12.1 Å². The number of hydrogen-bond donors (Lipinski definition) is 1. The number of nitrogens with one attached hydrogen (secondary N) is 1. The molecule has 0 spiro atoms. The highest BCUT2D eigenvalue weighted by atomic mass is 32.2. The van der Waals surface area contributed by atoms with Crippen molar-refractivity contribution in [2.24, 2.45) is 5.92 Å². The van der Waals surface area contributed by atoms with Gasteiger partial charge in [-0.1, -0.05) is 6.07 Å². The number of pyridine rings is 1. The summed E-state index contributed by atoms with van der Waals surface area (Å²) in [5, 5.41) is 2.81. The maximum absolute atomic E-state index is 13.4. The van der Waals surface area contributed by atoms with E-state index < -0.39 is 15.4 Å². The summed E-state index contributed by atoms with van der Waals surface area (Å²) in [6, 6.07) is 10.1. The van der Waals surface area contributed by atoms with E-state index >= 15 is 0 Å². The molecule has 1 fully saturated rings. The topological polar surface area (TPSA) is 88.5 Å². The first-order valence-electron chi connectivity index (χ1n) is 9.84. The fraction of sp³-hybridized carbons (Fsp3) is 0.429. The van der Waals surface area contributed by atoms with Gasteiger partial charge in [-0.15, -0.1) is 0 Å². The van der Waals surface area contributed by atoms with Crippen LogP contribution in [0.4, 0.5) is 5.69 Å². The van der Waals surface area contributed by atoms with Crippen molar-refractivity contribution in [2.45, 2.75) is 43.0 Å². The Balaban J connectivity index is 1.51. The molecule has 2 bridgehead atoms. The third-order valence-electron chi connectivity index (χ3n) is 6.56. The van der Waals surface area contributed by atoms with E-state index in [2.05, 4.69) is 5.32 Å². The third-order valence-corrected chi connectivity index (χ3v) is 8.39. The second-order valence-corrected chi connectivity index (χ2v) is 10.7. The maximum Gasteiger partial charge on any atom is 0.250 e. The number of nitrogens with zero attached hydrogens (tertiary/aromatic N) is 2. The highest BCUT2D eigenvalue weighted by Crippen LogP contribution is 2.41. The van der Waals surface area contributed by atoms with Crippen LogP contribution < -0.4 is 10.9 Å². The number of rotatable bonds is 2. The van der Waals surface area contributed by atoms with Crippen molar-refractivity contribution in [3.05, 3.63) is 58.0 Å². The molecule has 8 heteroatoms. The van der Waals surface area contributed by atoms with E-state index in [0.29, 0.717) is 30.9 Å². The Labute approximate surface area is 169 Å². The molecule has 1 N–H and O–H groups in total. The van der Waals surface area contributed by atoms with Crippen LogP contribution in [0.2, 0.25) is 0 Å². The number of carbonyl (C=O) groups is 1. The zero-order valence-electron chi connectivity index (χ0n) is 16.4. The lowest BCUT2D eigenvalue weighted by Crippen LogP contribution is -2.49. The minimum atomic E-state index is -3.70. The first-order valence-corrected chi connectivity index (χ1v) is 11.3. The lowest BCUT2D eigenvalue weighted by molar-refractivity contribution is -0.119. The summed E-state index contributed by atoms with van der Waals surface area (Å²) in [6.45, 7) is 4.90. The number of aromatic nitrogens is 1. The normalized spacial score (nSPS) is 25.2. The molecule has 0 saturated carbocycles. The summed E-state index contributed by atoms with van der Waals surface area (Å²) < 4.78 is 30.2. The van der Waals surface area contributed by atoms with Gasteiger partial charge in [-0.2, -0.15) is 4.31 Å². The van der Waals surface area contributed by atoms with Gasteiger partial charge in [0.05, 0.1) is 10.3 Å². The summed E-state index contributed by atoms with van der Waals surface area (Å²) in [4.78, 5) is 24.6. The van der Waals surface area contributed by atoms with Crippen LogP contribution in [0.5, 0.6) is 0 Å². The Hall–Kier alpha value is -2.45. The van der Waals surface area contributed by atoms with Crippen LogP contribution in [0.25, 0.3) is 0 Å². The van der Waals surface area contributed by atoms with Crippen molar-refractivity contribution in [1.82, 2.24) is 8.87 Å². The van der Waals surface area contributed by atoms with Crippen molar-refractivity contribution in [3.63, 3.8) is 0 Å². The van der Waals surface area contributed by atoms with Gasteiger partial charge < -0.3 is 9.88 Å². The van der Waals surface area contributed by atoms with E-state index in [9.17, 15) is 18.0 Å². The number of carbonyl (C=O) groups excluding carboxylic acids is 1. The van der Waals surface area contributed by atoms with Gasteiger partial charge in [0.1, 0.15) is 0 Å². The van der Waals surface area contributed by atoms with Crippen molar-refractivity contribution in [1.29, 1.82) is 0 Å². The molecule has 152 valence electrons. The van der Waals surface area contributed by atoms with Crippen LogP contribution in [0, 0.1) is 5.92 Å². The van der Waals surface area contributed by atoms with E-state index in [-0.39, 0.29) is 28.2 Å². The lowest BCUT2D eigenvalue weighted by atomic mass is 9.84. The van der Waals surface area contributed by atoms with Crippen LogP contribution in [0.15, 0.2) is 46.1 Å². The Kier molecular flexibility index (Phi) is 3.86. The van der Waals surface area contributed by atoms with E-state index in [4.69, 9.17) is 0 Å². The third kappa shape index (κ3) is 2.69. The zero-order chi connectivity index (χ0) is 20.6. The lowest BCUT2D eigenvalue weighted by Gasteiger charge is -2.42. The zero-order valence-corrected chi connectivity index (χ0v) is 17.2. The number of piperidine rings is 1. The molecule has 3 aliphatic rings. The molecule has 0 radical (unpaired) electrons. The largest absolute Gasteiger partial charge is 0.325 e. The summed E-state index contributed by atoms with van der Waals surface area (Å²) >= 11 is 0. The second-order valence-electron chi connectivity index (χ2n) is 8.81. The number of anilines is 1. The van der Waals surface area contributed by atoms with Gasteiger partial charge in [-0.3, -0.25) is 9.59 Å². The SMILES string of the molecule is CC1(C)C(=O)Nc2ccc(S(=O)(=O)N3C[C@H]4C[C@@H](C3)c3cccc(=O)n3C4)cc21. The molecule has 1 aromatic heterocycles. The first kappa shape index (κ1) is 18.6. The Morgan fingerprint density at radius 2 is 1.86 bits per heavy atom. The number of hydrogen-bond acceptors (Lipinski definition) is 4. The minimum absolute atomic E-state index is 0.0142. The first-order chi connectivity index (χ1) is 13.7. The van der Waals surface area contributed by atoms with Gasteiger partial charge in [-0.05, 0) is 56.0 Å². The summed E-state index contributed by atoms with van der Waals surface area (Å²) in [5.74, 6) is 0.00197. The van der Waals surface area contributed by atoms with E-state index in [1.807, 2.05) is 6.07 Å². The van der Waals surface area contributed by atoms with E-state index in [1.54, 1.807) is 53.1 Å². The smallest absolute Gasteiger partial charge is 0.250 e. The summed E-state index contributed by atoms with van der Waals surface area (Å²) in [5.41, 5.74) is 1.50. The number of fused-ring (bicyclic) bond motifs is 5. The molecule has 29 heavy (non-hydrogen) atoms. The highest BCUT2D eigenvalue weighted by molar-refractivity contribution is 7.89. The standard InChI is InChI=1S/C21H23N3O4S/c1-21(2)16-9-15(6-7-17(16)22-20(21)26)29(27,28)23-10-13-8-14(12-23)18-4-3-5-19(25)24(18)11-13/h3-7,9,13-14H,8,10-12H2,1-2H3,(H,22,26)/t13-,14+/m1/s1. The molecule has 5 rings (SSSR count). The molecule has 7 nitrogen and oxygen atoms in total. The Morgan fingerprint density at radius 3 is 2.66 bits per heavy atom. The number of benzene rings is 1. The second kappa shape index (κ2) is 6.03. The van der Waals surface area contributed by atoms with Crippen molar-refractivity contribution in [3.8, 4) is 0 Å². The van der Waals surface area contributed by atoms with E-state index in [1.165, 1.54) is 0 Å². The molecule has 3 aliphatic heterocycles. The van der Waals surface area contributed by atoms with Gasteiger partial charge in [0, 0.05) is 43.0 Å². The van der Waals surface area contributed by atoms with Crippen LogP contribution in [0.3, 0.4) is 0 Å². The fourth-order valence-electron chi connectivity index (χ4n) is 4.91. The van der Waals surface area contributed by atoms with Crippen molar-refractivity contribution >= 4 is 21.6 Å². The average Bonchev–Trinajstić information content (AvgIpc) is 2.91. The van der Waals surface area contributed by atoms with Gasteiger partial charge in [-0.25, -0.2) is 8.42 Å². The monoisotopic (exact) mass is 413 g/mol. The summed E-state index contributed by atoms with van der Waals surface area (Å²) in [6.07, 6.45) is 0.894. The number of sulfonamides is 1. The average molecular weight is 413 g/mol. The predicted octanol–water partition coefficient (Wildman–Crippen LogP) is 1.89. The van der Waals surface area contributed by atoms with Crippen molar-refractivity contribution in [2.75, 3.05) is 18.4 Å². The molecule has 1 amide bonds. The van der Waals surface area contributed by atoms with Crippen LogP contribution >= 0.6 is 0 Å².